The number of hydrazone groups is 1. The highest BCUT2D eigenvalue weighted by atomic mass is 127. The zero-order valence-electron chi connectivity index (χ0n) is 18.6. The maximum Gasteiger partial charge on any atom is 0.258 e. The molecule has 3 aromatic carbocycles. The fraction of sp³-hybridized carbons (Fsp3) is 0.167. The minimum Gasteiger partial charge on any atom is -0.503 e. The highest BCUT2D eigenvalue weighted by molar-refractivity contribution is 14.1. The van der Waals surface area contributed by atoms with Gasteiger partial charge in [-0.1, -0.05) is 41.9 Å². The molecule has 3 rings (SSSR count). The van der Waals surface area contributed by atoms with Crippen LogP contribution in [0.5, 0.6) is 11.5 Å². The molecule has 0 aliphatic heterocycles. The second-order valence-electron chi connectivity index (χ2n) is 7.33. The van der Waals surface area contributed by atoms with Crippen LogP contribution in [0.3, 0.4) is 0 Å². The van der Waals surface area contributed by atoms with E-state index >= 15 is 0 Å². The highest BCUT2D eigenvalue weighted by Crippen LogP contribution is 2.34. The van der Waals surface area contributed by atoms with E-state index in [1.807, 2.05) is 6.07 Å². The van der Waals surface area contributed by atoms with Crippen molar-refractivity contribution in [3.05, 3.63) is 86.4 Å². The van der Waals surface area contributed by atoms with Crippen molar-refractivity contribution in [3.8, 4) is 11.5 Å². The number of ether oxygens (including phenoxy) is 1. The minimum atomic E-state index is -3.97. The Bertz CT molecular complexity index is 1300. The number of hydrogen-bond acceptors (Lipinski definition) is 6. The number of rotatable bonds is 10. The molecule has 1 amide bonds. The first-order valence-electron chi connectivity index (χ1n) is 10.5. The maximum absolute atomic E-state index is 12.9. The number of nitrogens with one attached hydrogen (secondary N) is 2. The molecule has 0 heterocycles. The van der Waals surface area contributed by atoms with E-state index < -0.39 is 22.0 Å². The third kappa shape index (κ3) is 7.66. The summed E-state index contributed by atoms with van der Waals surface area (Å²) in [6.07, 6.45) is 1.43. The Hall–Kier alpha value is -2.67. The zero-order valence-corrected chi connectivity index (χ0v) is 22.3. The molecule has 0 radical (unpaired) electrons. The van der Waals surface area contributed by atoms with Crippen LogP contribution in [0.1, 0.15) is 18.1 Å². The van der Waals surface area contributed by atoms with Crippen molar-refractivity contribution in [3.63, 3.8) is 0 Å². The normalized spacial score (nSPS) is 12.4. The van der Waals surface area contributed by atoms with Crippen LogP contribution < -0.4 is 14.9 Å². The van der Waals surface area contributed by atoms with Crippen molar-refractivity contribution in [2.45, 2.75) is 24.3 Å². The van der Waals surface area contributed by atoms with Gasteiger partial charge in [0.2, 0.25) is 10.0 Å². The SMILES string of the molecule is CCOc1cc(/C=N\NC(=O)[C@H](Cc2ccccc2)NS(=O)(=O)c2ccc(I)cc2)cc(Cl)c1O. The summed E-state index contributed by atoms with van der Waals surface area (Å²) in [7, 11) is -3.97. The highest BCUT2D eigenvalue weighted by Gasteiger charge is 2.26. The number of nitrogens with zero attached hydrogens (tertiary/aromatic N) is 1. The smallest absolute Gasteiger partial charge is 0.258 e. The van der Waals surface area contributed by atoms with E-state index in [9.17, 15) is 18.3 Å². The van der Waals surface area contributed by atoms with E-state index in [-0.39, 0.29) is 27.8 Å². The lowest BCUT2D eigenvalue weighted by Gasteiger charge is -2.17. The topological polar surface area (TPSA) is 117 Å². The molecule has 3 N–H and O–H groups in total. The van der Waals surface area contributed by atoms with Gasteiger partial charge in [-0.05, 0) is 83.5 Å². The summed E-state index contributed by atoms with van der Waals surface area (Å²) in [4.78, 5) is 13.0. The van der Waals surface area contributed by atoms with Gasteiger partial charge in [-0.2, -0.15) is 9.82 Å². The minimum absolute atomic E-state index is 0.0504. The van der Waals surface area contributed by atoms with Crippen LogP contribution in [0.25, 0.3) is 0 Å². The summed E-state index contributed by atoms with van der Waals surface area (Å²) in [5, 5.41) is 14.0. The standard InChI is InChI=1S/C24H23ClIN3O5S/c1-2-34-22-14-17(12-20(25)23(22)30)15-27-28-24(31)21(13-16-6-4-3-5-7-16)29-35(32,33)19-10-8-18(26)9-11-19/h3-12,14-15,21,29-30H,2,13H2,1H3,(H,28,31)/b27-15-/t21-/m0/s1. The van der Waals surface area contributed by atoms with Gasteiger partial charge in [0, 0.05) is 3.57 Å². The van der Waals surface area contributed by atoms with Crippen molar-refractivity contribution in [1.29, 1.82) is 0 Å². The Morgan fingerprint density at radius 3 is 2.51 bits per heavy atom. The summed E-state index contributed by atoms with van der Waals surface area (Å²) in [5.74, 6) is -0.656. The molecule has 0 aliphatic rings. The first kappa shape index (κ1) is 26.9. The van der Waals surface area contributed by atoms with Crippen molar-refractivity contribution in [2.75, 3.05) is 6.61 Å². The Morgan fingerprint density at radius 2 is 1.86 bits per heavy atom. The third-order valence-corrected chi connectivity index (χ3v) is 7.25. The number of sulfonamides is 1. The first-order chi connectivity index (χ1) is 16.7. The molecule has 0 saturated heterocycles. The number of aromatic hydroxyl groups is 1. The Labute approximate surface area is 222 Å². The van der Waals surface area contributed by atoms with Crippen LogP contribution >= 0.6 is 34.2 Å². The van der Waals surface area contributed by atoms with Crippen LogP contribution in [-0.2, 0) is 21.2 Å². The molecule has 1 atom stereocenters. The fourth-order valence-electron chi connectivity index (χ4n) is 3.09. The predicted octanol–water partition coefficient (Wildman–Crippen LogP) is 4.09. The second-order valence-corrected chi connectivity index (χ2v) is 10.7. The van der Waals surface area contributed by atoms with E-state index in [2.05, 4.69) is 37.8 Å². The van der Waals surface area contributed by atoms with Gasteiger partial charge in [0.15, 0.2) is 11.5 Å². The van der Waals surface area contributed by atoms with E-state index in [1.54, 1.807) is 43.3 Å². The summed E-state index contributed by atoms with van der Waals surface area (Å²) in [5.41, 5.74) is 3.62. The molecule has 0 fully saturated rings. The van der Waals surface area contributed by atoms with Gasteiger partial charge in [-0.3, -0.25) is 4.79 Å². The molecule has 184 valence electrons. The number of carbonyl (C=O) groups excluding carboxylic acids is 1. The third-order valence-electron chi connectivity index (χ3n) is 4.76. The van der Waals surface area contributed by atoms with Crippen LogP contribution in [0, 0.1) is 3.57 Å². The molecule has 0 unspecified atom stereocenters. The quantitative estimate of drug-likeness (QED) is 0.178. The number of phenols is 1. The lowest BCUT2D eigenvalue weighted by molar-refractivity contribution is -0.122. The van der Waals surface area contributed by atoms with Gasteiger partial charge in [0.05, 0.1) is 22.7 Å². The molecule has 0 saturated carbocycles. The van der Waals surface area contributed by atoms with Crippen LogP contribution in [0.15, 0.2) is 76.7 Å². The zero-order chi connectivity index (χ0) is 25.4. The maximum atomic E-state index is 12.9. The summed E-state index contributed by atoms with van der Waals surface area (Å²) < 4.78 is 34.6. The number of amides is 1. The largest absolute Gasteiger partial charge is 0.503 e. The number of hydrogen-bond donors (Lipinski definition) is 3. The number of phenolic OH excluding ortho intramolecular Hbond substituents is 1. The second kappa shape index (κ2) is 12.3. The number of halogens is 2. The summed E-state index contributed by atoms with van der Waals surface area (Å²) >= 11 is 8.10. The summed E-state index contributed by atoms with van der Waals surface area (Å²) in [6.45, 7) is 2.08. The predicted molar refractivity (Wildman–Crippen MR) is 143 cm³/mol. The molecular formula is C24H23ClIN3O5S. The molecule has 0 aromatic heterocycles. The molecule has 3 aromatic rings. The van der Waals surface area contributed by atoms with Gasteiger partial charge in [0.1, 0.15) is 6.04 Å². The number of benzene rings is 3. The molecule has 35 heavy (non-hydrogen) atoms. The fourth-order valence-corrected chi connectivity index (χ4v) is 4.86. The Kier molecular flexibility index (Phi) is 9.49. The average molecular weight is 628 g/mol. The lowest BCUT2D eigenvalue weighted by Crippen LogP contribution is -2.46. The molecule has 11 heteroatoms. The van der Waals surface area contributed by atoms with Crippen molar-refractivity contribution in [1.82, 2.24) is 10.1 Å². The van der Waals surface area contributed by atoms with Gasteiger partial charge >= 0.3 is 0 Å². The first-order valence-corrected chi connectivity index (χ1v) is 13.4. The molecule has 8 nitrogen and oxygen atoms in total. The van der Waals surface area contributed by atoms with Crippen LogP contribution in [0.4, 0.5) is 0 Å². The van der Waals surface area contributed by atoms with E-state index in [1.165, 1.54) is 30.5 Å². The van der Waals surface area contributed by atoms with Gasteiger partial charge in [-0.15, -0.1) is 0 Å². The molecule has 0 bridgehead atoms. The van der Waals surface area contributed by atoms with Crippen molar-refractivity contribution >= 4 is 56.3 Å². The number of carbonyl (C=O) groups is 1. The van der Waals surface area contributed by atoms with Crippen LogP contribution in [-0.4, -0.2) is 38.3 Å². The van der Waals surface area contributed by atoms with Crippen molar-refractivity contribution < 1.29 is 23.1 Å². The Balaban J connectivity index is 1.79. The van der Waals surface area contributed by atoms with E-state index in [0.29, 0.717) is 12.2 Å². The van der Waals surface area contributed by atoms with Crippen molar-refractivity contribution in [2.24, 2.45) is 5.10 Å². The van der Waals surface area contributed by atoms with Gasteiger partial charge in [0.25, 0.3) is 5.91 Å². The van der Waals surface area contributed by atoms with E-state index in [0.717, 1.165) is 9.13 Å². The van der Waals surface area contributed by atoms with E-state index in [4.69, 9.17) is 16.3 Å². The van der Waals surface area contributed by atoms with Gasteiger partial charge < -0.3 is 9.84 Å². The summed E-state index contributed by atoms with van der Waals surface area (Å²) in [6, 6.07) is 17.2. The van der Waals surface area contributed by atoms with Gasteiger partial charge in [-0.25, -0.2) is 13.8 Å². The monoisotopic (exact) mass is 627 g/mol. The molecule has 0 spiro atoms. The van der Waals surface area contributed by atoms with Crippen LogP contribution in [0.2, 0.25) is 5.02 Å². The molecule has 0 aliphatic carbocycles. The molecular weight excluding hydrogens is 605 g/mol. The average Bonchev–Trinajstić information content (AvgIpc) is 2.82. The Morgan fingerprint density at radius 1 is 1.17 bits per heavy atom. The lowest BCUT2D eigenvalue weighted by atomic mass is 10.1.